The van der Waals surface area contributed by atoms with Crippen LogP contribution in [-0.2, 0) is 16.1 Å². The highest BCUT2D eigenvalue weighted by atomic mass is 32.1. The van der Waals surface area contributed by atoms with Crippen LogP contribution in [0.3, 0.4) is 0 Å². The number of carbonyl (C=O) groups is 3. The fourth-order valence-corrected chi connectivity index (χ4v) is 4.56. The lowest BCUT2D eigenvalue weighted by Crippen LogP contribution is -2.44. The van der Waals surface area contributed by atoms with Crippen LogP contribution < -0.4 is 0 Å². The molecule has 11 heteroatoms. The number of aromatic nitrogens is 1. The molecular formula is C21H22F3N3O4S. The maximum atomic E-state index is 12.5. The summed E-state index contributed by atoms with van der Waals surface area (Å²) in [6.07, 6.45) is 0.890. The summed E-state index contributed by atoms with van der Waals surface area (Å²) in [5.74, 6) is -2.42. The van der Waals surface area contributed by atoms with E-state index in [-0.39, 0.29) is 17.2 Å². The van der Waals surface area contributed by atoms with Crippen LogP contribution in [0.15, 0.2) is 41.4 Å². The van der Waals surface area contributed by atoms with Crippen LogP contribution in [0, 0.1) is 5.41 Å². The highest BCUT2D eigenvalue weighted by Gasteiger charge is 2.45. The van der Waals surface area contributed by atoms with Gasteiger partial charge in [-0.25, -0.2) is 4.79 Å². The van der Waals surface area contributed by atoms with Gasteiger partial charge in [-0.05, 0) is 35.9 Å². The average Bonchev–Trinajstić information content (AvgIpc) is 3.38. The van der Waals surface area contributed by atoms with Crippen molar-refractivity contribution in [3.8, 4) is 0 Å². The molecule has 2 aromatic heterocycles. The number of amides is 2. The molecule has 2 aromatic rings. The molecule has 0 bridgehead atoms. The molecule has 2 amide bonds. The van der Waals surface area contributed by atoms with Crippen molar-refractivity contribution in [1.29, 1.82) is 0 Å². The smallest absolute Gasteiger partial charge is 0.475 e. The highest BCUT2D eigenvalue weighted by molar-refractivity contribution is 7.08. The zero-order chi connectivity index (χ0) is 23.4. The number of carboxylic acids is 1. The molecule has 0 radical (unpaired) electrons. The number of piperidine rings is 1. The van der Waals surface area contributed by atoms with E-state index in [1.165, 1.54) is 0 Å². The molecule has 0 atom stereocenters. The first-order valence-electron chi connectivity index (χ1n) is 9.88. The predicted octanol–water partition coefficient (Wildman–Crippen LogP) is 3.43. The summed E-state index contributed by atoms with van der Waals surface area (Å²) in [7, 11) is 0. The van der Waals surface area contributed by atoms with Gasteiger partial charge in [-0.1, -0.05) is 6.07 Å². The Hall–Kier alpha value is -2.95. The van der Waals surface area contributed by atoms with Gasteiger partial charge >= 0.3 is 12.1 Å². The monoisotopic (exact) mass is 469 g/mol. The molecule has 1 N–H and O–H groups in total. The van der Waals surface area contributed by atoms with E-state index in [0.717, 1.165) is 43.6 Å². The number of aliphatic carboxylic acids is 1. The van der Waals surface area contributed by atoms with Gasteiger partial charge in [0.25, 0.3) is 5.91 Å². The van der Waals surface area contributed by atoms with Gasteiger partial charge in [-0.15, -0.1) is 0 Å². The van der Waals surface area contributed by atoms with Gasteiger partial charge in [0.2, 0.25) is 5.91 Å². The van der Waals surface area contributed by atoms with E-state index >= 15 is 0 Å². The Bertz CT molecular complexity index is 943. The summed E-state index contributed by atoms with van der Waals surface area (Å²) in [5, 5.41) is 11.0. The summed E-state index contributed by atoms with van der Waals surface area (Å²) in [6, 6.07) is 5.79. The Labute approximate surface area is 186 Å². The van der Waals surface area contributed by atoms with Crippen molar-refractivity contribution in [2.24, 2.45) is 5.41 Å². The molecular weight excluding hydrogens is 447 g/mol. The number of nitrogens with zero attached hydrogens (tertiary/aromatic N) is 3. The topological polar surface area (TPSA) is 90.8 Å². The lowest BCUT2D eigenvalue weighted by Gasteiger charge is -2.38. The number of hydrogen-bond donors (Lipinski definition) is 1. The standard InChI is InChI=1S/C19H21N3O2S.C2HF3O2/c23-17-10-19(14-22(17)12-15-2-1-6-20-11-15)4-7-21(8-5-19)18(24)16-3-9-25-13-16;3-2(4,5)1(6)7/h1-3,6,9,11,13H,4-5,7-8,10,12,14H2;(H,6,7). The second-order valence-electron chi connectivity index (χ2n) is 7.89. The van der Waals surface area contributed by atoms with Crippen molar-refractivity contribution < 1.29 is 32.7 Å². The van der Waals surface area contributed by atoms with Gasteiger partial charge in [-0.2, -0.15) is 24.5 Å². The molecule has 172 valence electrons. The molecule has 0 aliphatic carbocycles. The van der Waals surface area contributed by atoms with Crippen molar-refractivity contribution in [2.75, 3.05) is 19.6 Å². The lowest BCUT2D eigenvalue weighted by molar-refractivity contribution is -0.192. The average molecular weight is 469 g/mol. The lowest BCUT2D eigenvalue weighted by atomic mass is 9.77. The van der Waals surface area contributed by atoms with Crippen LogP contribution in [0.1, 0.15) is 35.2 Å². The second kappa shape index (κ2) is 9.68. The number of carbonyl (C=O) groups excluding carboxylic acids is 2. The summed E-state index contributed by atoms with van der Waals surface area (Å²) < 4.78 is 31.7. The van der Waals surface area contributed by atoms with E-state index in [1.807, 2.05) is 45.0 Å². The maximum absolute atomic E-state index is 12.5. The van der Waals surface area contributed by atoms with Crippen molar-refractivity contribution >= 4 is 29.1 Å². The molecule has 4 heterocycles. The third kappa shape index (κ3) is 5.84. The van der Waals surface area contributed by atoms with E-state index in [4.69, 9.17) is 9.90 Å². The molecule has 0 unspecified atom stereocenters. The zero-order valence-corrected chi connectivity index (χ0v) is 17.9. The first kappa shape index (κ1) is 23.7. The maximum Gasteiger partial charge on any atom is 0.490 e. The quantitative estimate of drug-likeness (QED) is 0.744. The number of halogens is 3. The molecule has 2 aliphatic rings. The van der Waals surface area contributed by atoms with Crippen molar-refractivity contribution in [2.45, 2.75) is 32.0 Å². The second-order valence-corrected chi connectivity index (χ2v) is 8.68. The van der Waals surface area contributed by atoms with Crippen LogP contribution in [-0.4, -0.2) is 63.5 Å². The molecule has 2 aliphatic heterocycles. The Morgan fingerprint density at radius 3 is 2.44 bits per heavy atom. The molecule has 2 fully saturated rings. The highest BCUT2D eigenvalue weighted by Crippen LogP contribution is 2.41. The minimum atomic E-state index is -5.08. The number of pyridine rings is 1. The zero-order valence-electron chi connectivity index (χ0n) is 17.0. The number of thiophene rings is 1. The Balaban J connectivity index is 0.000000360. The minimum absolute atomic E-state index is 0.0325. The molecule has 0 aromatic carbocycles. The number of likely N-dealkylation sites (tertiary alicyclic amines) is 2. The number of carboxylic acid groups (broad SMARTS) is 1. The van der Waals surface area contributed by atoms with Crippen LogP contribution in [0.2, 0.25) is 0 Å². The van der Waals surface area contributed by atoms with Gasteiger partial charge in [0, 0.05) is 55.8 Å². The molecule has 32 heavy (non-hydrogen) atoms. The Kier molecular flexibility index (Phi) is 7.17. The fourth-order valence-electron chi connectivity index (χ4n) is 3.93. The number of alkyl halides is 3. The SMILES string of the molecule is O=C(O)C(F)(F)F.O=C1CC2(CCN(C(=O)c3ccsc3)CC2)CN1Cc1cccnc1. The van der Waals surface area contributed by atoms with Crippen molar-refractivity contribution in [3.63, 3.8) is 0 Å². The molecule has 1 spiro atoms. The number of rotatable bonds is 3. The Morgan fingerprint density at radius 2 is 1.91 bits per heavy atom. The van der Waals surface area contributed by atoms with Crippen molar-refractivity contribution in [1.82, 2.24) is 14.8 Å². The number of hydrogen-bond acceptors (Lipinski definition) is 5. The summed E-state index contributed by atoms with van der Waals surface area (Å²) >= 11 is 1.55. The summed E-state index contributed by atoms with van der Waals surface area (Å²) in [5.41, 5.74) is 1.88. The van der Waals surface area contributed by atoms with Gasteiger partial charge in [0.1, 0.15) is 0 Å². The van der Waals surface area contributed by atoms with Crippen molar-refractivity contribution in [3.05, 3.63) is 52.5 Å². The third-order valence-corrected chi connectivity index (χ3v) is 6.31. The van der Waals surface area contributed by atoms with E-state index < -0.39 is 12.1 Å². The van der Waals surface area contributed by atoms with Crippen LogP contribution in [0.25, 0.3) is 0 Å². The van der Waals surface area contributed by atoms with Gasteiger partial charge in [0.15, 0.2) is 0 Å². The first-order valence-corrected chi connectivity index (χ1v) is 10.8. The predicted molar refractivity (Wildman–Crippen MR) is 110 cm³/mol. The van der Waals surface area contributed by atoms with Gasteiger partial charge < -0.3 is 14.9 Å². The largest absolute Gasteiger partial charge is 0.490 e. The van der Waals surface area contributed by atoms with Crippen LogP contribution in [0.4, 0.5) is 13.2 Å². The molecule has 2 saturated heterocycles. The Morgan fingerprint density at radius 1 is 1.22 bits per heavy atom. The van der Waals surface area contributed by atoms with Gasteiger partial charge in [-0.3, -0.25) is 14.6 Å². The van der Waals surface area contributed by atoms with Crippen LogP contribution in [0.5, 0.6) is 0 Å². The van der Waals surface area contributed by atoms with E-state index in [0.29, 0.717) is 13.0 Å². The van der Waals surface area contributed by atoms with E-state index in [9.17, 15) is 22.8 Å². The molecule has 4 rings (SSSR count). The fraction of sp³-hybridized carbons (Fsp3) is 0.429. The van der Waals surface area contributed by atoms with Gasteiger partial charge in [0.05, 0.1) is 5.56 Å². The summed E-state index contributed by atoms with van der Waals surface area (Å²) in [6.45, 7) is 2.90. The third-order valence-electron chi connectivity index (χ3n) is 5.62. The normalized spacial score (nSPS) is 17.8. The van der Waals surface area contributed by atoms with E-state index in [2.05, 4.69) is 4.98 Å². The molecule has 7 nitrogen and oxygen atoms in total. The summed E-state index contributed by atoms with van der Waals surface area (Å²) in [4.78, 5) is 41.9. The minimum Gasteiger partial charge on any atom is -0.475 e. The molecule has 0 saturated carbocycles. The first-order chi connectivity index (χ1) is 15.1. The van der Waals surface area contributed by atoms with E-state index in [1.54, 1.807) is 17.5 Å². The van der Waals surface area contributed by atoms with Crippen LogP contribution >= 0.6 is 11.3 Å².